The minimum atomic E-state index is -0.204. The van der Waals surface area contributed by atoms with E-state index in [1.807, 2.05) is 6.07 Å². The third-order valence-corrected chi connectivity index (χ3v) is 3.24. The molecule has 78 valence electrons. The zero-order valence-electron chi connectivity index (χ0n) is 7.74. The number of nitrogens with one attached hydrogen (secondary N) is 2. The van der Waals surface area contributed by atoms with Gasteiger partial charge in [-0.15, -0.1) is 16.4 Å². The largest absolute Gasteiger partial charge is 0.288 e. The van der Waals surface area contributed by atoms with Gasteiger partial charge in [0.2, 0.25) is 5.95 Å². The Morgan fingerprint density at radius 3 is 2.93 bits per heavy atom. The van der Waals surface area contributed by atoms with E-state index in [2.05, 4.69) is 36.4 Å². The van der Waals surface area contributed by atoms with Gasteiger partial charge in [0, 0.05) is 0 Å². The van der Waals surface area contributed by atoms with Crippen LogP contribution in [0.3, 0.4) is 0 Å². The van der Waals surface area contributed by atoms with Gasteiger partial charge in [-0.25, -0.2) is 0 Å². The monoisotopic (exact) mass is 286 g/mol. The van der Waals surface area contributed by atoms with Crippen molar-refractivity contribution in [3.05, 3.63) is 26.6 Å². The van der Waals surface area contributed by atoms with Crippen LogP contribution in [0.4, 0.5) is 5.95 Å². The standard InChI is InChI=1S/C8H7BrN4OS/c1-4-10-8(13-12-4)11-7(14)5-2-3-6(9)15-5/h2-3H,1H3,(H2,10,11,12,13,14). The number of aryl methyl sites for hydroxylation is 1. The SMILES string of the molecule is Cc1nc(NC(=O)c2ccc(Br)s2)n[nH]1. The number of aromatic nitrogens is 3. The third kappa shape index (κ3) is 2.42. The van der Waals surface area contributed by atoms with Gasteiger partial charge in [-0.1, -0.05) is 0 Å². The average molecular weight is 287 g/mol. The van der Waals surface area contributed by atoms with Crippen LogP contribution in [0.2, 0.25) is 0 Å². The normalized spacial score (nSPS) is 10.3. The van der Waals surface area contributed by atoms with Crippen molar-refractivity contribution in [1.82, 2.24) is 15.2 Å². The lowest BCUT2D eigenvalue weighted by Gasteiger charge is -1.95. The van der Waals surface area contributed by atoms with Crippen LogP contribution in [0.25, 0.3) is 0 Å². The summed E-state index contributed by atoms with van der Waals surface area (Å²) in [5.41, 5.74) is 0. The van der Waals surface area contributed by atoms with Crippen LogP contribution in [0, 0.1) is 6.92 Å². The van der Waals surface area contributed by atoms with Crippen LogP contribution in [-0.4, -0.2) is 21.1 Å². The van der Waals surface area contributed by atoms with Gasteiger partial charge in [-0.05, 0) is 35.0 Å². The first kappa shape index (κ1) is 10.3. The molecule has 1 amide bonds. The highest BCUT2D eigenvalue weighted by Crippen LogP contribution is 2.22. The molecule has 0 unspecified atom stereocenters. The topological polar surface area (TPSA) is 70.7 Å². The van der Waals surface area contributed by atoms with Crippen LogP contribution >= 0.6 is 27.3 Å². The van der Waals surface area contributed by atoms with Crippen molar-refractivity contribution in [3.8, 4) is 0 Å². The van der Waals surface area contributed by atoms with Crippen LogP contribution in [0.15, 0.2) is 15.9 Å². The molecule has 7 heteroatoms. The molecule has 0 radical (unpaired) electrons. The fourth-order valence-corrected chi connectivity index (χ4v) is 2.28. The molecule has 0 atom stereocenters. The molecule has 2 N–H and O–H groups in total. The zero-order chi connectivity index (χ0) is 10.8. The van der Waals surface area contributed by atoms with Crippen molar-refractivity contribution in [2.75, 3.05) is 5.32 Å². The number of anilines is 1. The van der Waals surface area contributed by atoms with E-state index in [0.29, 0.717) is 16.6 Å². The van der Waals surface area contributed by atoms with Gasteiger partial charge in [-0.3, -0.25) is 15.2 Å². The first-order valence-electron chi connectivity index (χ1n) is 4.11. The number of nitrogens with zero attached hydrogens (tertiary/aromatic N) is 2. The first-order chi connectivity index (χ1) is 7.15. The molecule has 0 saturated heterocycles. The quantitative estimate of drug-likeness (QED) is 0.889. The fraction of sp³-hybridized carbons (Fsp3) is 0.125. The summed E-state index contributed by atoms with van der Waals surface area (Å²) >= 11 is 4.65. The molecule has 0 aliphatic rings. The number of amides is 1. The number of rotatable bonds is 2. The Kier molecular flexibility index (Phi) is 2.83. The highest BCUT2D eigenvalue weighted by molar-refractivity contribution is 9.11. The molecule has 0 aromatic carbocycles. The lowest BCUT2D eigenvalue weighted by atomic mass is 10.4. The number of aromatic amines is 1. The lowest BCUT2D eigenvalue weighted by molar-refractivity contribution is 0.102. The second-order valence-electron chi connectivity index (χ2n) is 2.80. The smallest absolute Gasteiger partial charge is 0.268 e. The highest BCUT2D eigenvalue weighted by atomic mass is 79.9. The van der Waals surface area contributed by atoms with Crippen LogP contribution in [0.5, 0.6) is 0 Å². The molecular weight excluding hydrogens is 280 g/mol. The molecule has 2 heterocycles. The van der Waals surface area contributed by atoms with Gasteiger partial charge in [0.25, 0.3) is 5.91 Å². The summed E-state index contributed by atoms with van der Waals surface area (Å²) in [7, 11) is 0. The highest BCUT2D eigenvalue weighted by Gasteiger charge is 2.10. The van der Waals surface area contributed by atoms with Crippen molar-refractivity contribution in [2.24, 2.45) is 0 Å². The van der Waals surface area contributed by atoms with E-state index in [0.717, 1.165) is 3.79 Å². The summed E-state index contributed by atoms with van der Waals surface area (Å²) < 4.78 is 0.916. The molecular formula is C8H7BrN4OS. The number of thiophene rings is 1. The number of hydrogen-bond acceptors (Lipinski definition) is 4. The number of H-pyrrole nitrogens is 1. The zero-order valence-corrected chi connectivity index (χ0v) is 10.1. The van der Waals surface area contributed by atoms with Crippen molar-refractivity contribution < 1.29 is 4.79 Å². The summed E-state index contributed by atoms with van der Waals surface area (Å²) in [4.78, 5) is 16.2. The molecule has 15 heavy (non-hydrogen) atoms. The van der Waals surface area contributed by atoms with E-state index in [1.165, 1.54) is 11.3 Å². The van der Waals surface area contributed by atoms with E-state index in [9.17, 15) is 4.79 Å². The van der Waals surface area contributed by atoms with Crippen molar-refractivity contribution in [2.45, 2.75) is 6.92 Å². The van der Waals surface area contributed by atoms with E-state index in [4.69, 9.17) is 0 Å². The van der Waals surface area contributed by atoms with Gasteiger partial charge in [0.05, 0.1) is 8.66 Å². The number of carbonyl (C=O) groups excluding carboxylic acids is 1. The predicted molar refractivity (Wildman–Crippen MR) is 61.1 cm³/mol. The predicted octanol–water partition coefficient (Wildman–Crippen LogP) is 2.19. The maximum absolute atomic E-state index is 11.6. The molecule has 0 saturated carbocycles. The molecule has 2 aromatic rings. The summed E-state index contributed by atoms with van der Waals surface area (Å²) in [6.07, 6.45) is 0. The van der Waals surface area contributed by atoms with E-state index in [1.54, 1.807) is 13.0 Å². The molecule has 0 spiro atoms. The van der Waals surface area contributed by atoms with Crippen LogP contribution in [-0.2, 0) is 0 Å². The number of hydrogen-bond donors (Lipinski definition) is 2. The minimum absolute atomic E-state index is 0.204. The van der Waals surface area contributed by atoms with Gasteiger partial charge in [0.15, 0.2) is 0 Å². The molecule has 2 rings (SSSR count). The van der Waals surface area contributed by atoms with Crippen LogP contribution < -0.4 is 5.32 Å². The molecule has 0 aliphatic carbocycles. The van der Waals surface area contributed by atoms with Gasteiger partial charge in [0.1, 0.15) is 5.82 Å². The Morgan fingerprint density at radius 2 is 2.40 bits per heavy atom. The Hall–Kier alpha value is -1.21. The number of halogens is 1. The van der Waals surface area contributed by atoms with Crippen molar-refractivity contribution in [1.29, 1.82) is 0 Å². The Bertz CT molecular complexity index is 492. The average Bonchev–Trinajstić information content (AvgIpc) is 2.75. The maximum Gasteiger partial charge on any atom is 0.268 e. The minimum Gasteiger partial charge on any atom is -0.288 e. The third-order valence-electron chi connectivity index (χ3n) is 1.62. The lowest BCUT2D eigenvalue weighted by Crippen LogP contribution is -2.11. The molecule has 5 nitrogen and oxygen atoms in total. The van der Waals surface area contributed by atoms with Crippen molar-refractivity contribution in [3.63, 3.8) is 0 Å². The van der Waals surface area contributed by atoms with Gasteiger partial charge < -0.3 is 0 Å². The van der Waals surface area contributed by atoms with Gasteiger partial charge in [-0.2, -0.15) is 4.98 Å². The maximum atomic E-state index is 11.6. The van der Waals surface area contributed by atoms with Gasteiger partial charge >= 0.3 is 0 Å². The van der Waals surface area contributed by atoms with E-state index >= 15 is 0 Å². The fourth-order valence-electron chi connectivity index (χ4n) is 0.998. The summed E-state index contributed by atoms with van der Waals surface area (Å²) in [5, 5.41) is 9.05. The number of carbonyl (C=O) groups is 1. The first-order valence-corrected chi connectivity index (χ1v) is 5.72. The Morgan fingerprint density at radius 1 is 1.60 bits per heavy atom. The van der Waals surface area contributed by atoms with E-state index < -0.39 is 0 Å². The summed E-state index contributed by atoms with van der Waals surface area (Å²) in [6.45, 7) is 1.77. The second kappa shape index (κ2) is 4.11. The Labute approximate surface area is 98.1 Å². The van der Waals surface area contributed by atoms with E-state index in [-0.39, 0.29) is 5.91 Å². The van der Waals surface area contributed by atoms with Crippen LogP contribution in [0.1, 0.15) is 15.5 Å². The molecule has 0 fully saturated rings. The molecule has 2 aromatic heterocycles. The second-order valence-corrected chi connectivity index (χ2v) is 5.27. The molecule has 0 aliphatic heterocycles. The van der Waals surface area contributed by atoms with Crippen molar-refractivity contribution >= 4 is 39.1 Å². The summed E-state index contributed by atoms with van der Waals surface area (Å²) in [5.74, 6) is 0.754. The molecule has 0 bridgehead atoms. The Balaban J connectivity index is 2.10. The summed E-state index contributed by atoms with van der Waals surface area (Å²) in [6, 6.07) is 3.56.